The molecule has 2 amide bonds. The van der Waals surface area contributed by atoms with Crippen molar-refractivity contribution in [3.05, 3.63) is 60.8 Å². The molecule has 0 aliphatic carbocycles. The van der Waals surface area contributed by atoms with Crippen LogP contribution >= 0.6 is 22.9 Å². The summed E-state index contributed by atoms with van der Waals surface area (Å²) in [5.41, 5.74) is -0.378. The van der Waals surface area contributed by atoms with Gasteiger partial charge in [-0.3, -0.25) is 19.7 Å². The number of halogens is 1. The van der Waals surface area contributed by atoms with Crippen LogP contribution in [-0.2, 0) is 6.54 Å². The minimum Gasteiger partial charge on any atom is -0.315 e. The van der Waals surface area contributed by atoms with Gasteiger partial charge in [-0.2, -0.15) is 0 Å². The number of rotatable bonds is 5. The molecule has 9 heteroatoms. The molecule has 1 aromatic carbocycles. The lowest BCUT2D eigenvalue weighted by atomic mass is 10.1. The molecule has 24 heavy (non-hydrogen) atoms. The summed E-state index contributed by atoms with van der Waals surface area (Å²) < 4.78 is 0.675. The third kappa shape index (κ3) is 2.91. The summed E-state index contributed by atoms with van der Waals surface area (Å²) in [7, 11) is 1.84. The summed E-state index contributed by atoms with van der Waals surface area (Å²) in [6.45, 7) is 0.714. The highest BCUT2D eigenvalue weighted by atomic mass is 35.5. The number of nitrogens with zero attached hydrogens (tertiary/aromatic N) is 2. The number of benzene rings is 1. The van der Waals surface area contributed by atoms with Gasteiger partial charge in [0.15, 0.2) is 6.67 Å². The van der Waals surface area contributed by atoms with Crippen molar-refractivity contribution in [2.75, 3.05) is 13.7 Å². The van der Waals surface area contributed by atoms with Crippen molar-refractivity contribution in [1.82, 2.24) is 4.90 Å². The van der Waals surface area contributed by atoms with Crippen LogP contribution in [0.4, 0.5) is 5.69 Å². The number of thiophene rings is 1. The monoisotopic (exact) mass is 366 g/mol. The molecule has 2 aromatic rings. The number of nitrogens with one attached hydrogen (secondary N) is 1. The highest BCUT2D eigenvalue weighted by Crippen LogP contribution is 2.30. The Morgan fingerprint density at radius 1 is 1.25 bits per heavy atom. The zero-order valence-electron chi connectivity index (χ0n) is 12.6. The Morgan fingerprint density at radius 2 is 2.00 bits per heavy atom. The second-order valence-electron chi connectivity index (χ2n) is 5.49. The fraction of sp³-hybridized carbons (Fsp3) is 0.200. The molecule has 1 aliphatic rings. The van der Waals surface area contributed by atoms with Gasteiger partial charge in [0.25, 0.3) is 17.5 Å². The number of nitro groups is 1. The first-order chi connectivity index (χ1) is 11.4. The maximum Gasteiger partial charge on any atom is 0.282 e. The van der Waals surface area contributed by atoms with Crippen molar-refractivity contribution in [3.8, 4) is 0 Å². The zero-order chi connectivity index (χ0) is 17.4. The molecule has 0 radical (unpaired) electrons. The number of carbonyl (C=O) groups is 2. The molecule has 1 aromatic heterocycles. The molecular weight excluding hydrogens is 354 g/mol. The van der Waals surface area contributed by atoms with Crippen LogP contribution in [0.1, 0.15) is 25.6 Å². The van der Waals surface area contributed by atoms with E-state index in [1.807, 2.05) is 13.1 Å². The van der Waals surface area contributed by atoms with E-state index in [1.54, 1.807) is 6.07 Å². The molecule has 0 fully saturated rings. The highest BCUT2D eigenvalue weighted by molar-refractivity contribution is 7.16. The number of carbonyl (C=O) groups excluding carboxylic acids is 2. The van der Waals surface area contributed by atoms with Gasteiger partial charge in [0.05, 0.1) is 26.7 Å². The number of fused-ring (bicyclic) bond motifs is 1. The van der Waals surface area contributed by atoms with Crippen LogP contribution in [0.2, 0.25) is 4.34 Å². The Morgan fingerprint density at radius 3 is 2.62 bits per heavy atom. The Bertz CT molecular complexity index is 851. The van der Waals surface area contributed by atoms with E-state index in [4.69, 9.17) is 11.6 Å². The van der Waals surface area contributed by atoms with Crippen LogP contribution in [0.15, 0.2) is 30.3 Å². The molecule has 7 nitrogen and oxygen atoms in total. The first-order valence-electron chi connectivity index (χ1n) is 7.07. The number of hydrogen-bond acceptors (Lipinski definition) is 5. The molecule has 1 atom stereocenters. The molecule has 0 saturated carbocycles. The van der Waals surface area contributed by atoms with Gasteiger partial charge in [-0.1, -0.05) is 17.7 Å². The summed E-state index contributed by atoms with van der Waals surface area (Å²) in [6.07, 6.45) is 0. The zero-order valence-corrected chi connectivity index (χ0v) is 14.2. The third-order valence-corrected chi connectivity index (χ3v) is 4.94. The molecule has 0 saturated heterocycles. The SMILES string of the molecule is C[NH+](Cc1ccc(Cl)s1)CN1C(=O)c2cccc([N+](=O)[O-])c2C1=O. The van der Waals surface area contributed by atoms with Crippen molar-refractivity contribution >= 4 is 40.4 Å². The second-order valence-corrected chi connectivity index (χ2v) is 7.29. The van der Waals surface area contributed by atoms with Crippen LogP contribution in [-0.4, -0.2) is 35.4 Å². The maximum absolute atomic E-state index is 12.5. The summed E-state index contributed by atoms with van der Waals surface area (Å²) >= 11 is 7.33. The minimum absolute atomic E-state index is 0.0844. The van der Waals surface area contributed by atoms with E-state index in [1.165, 1.54) is 29.5 Å². The van der Waals surface area contributed by atoms with Gasteiger partial charge < -0.3 is 4.90 Å². The maximum atomic E-state index is 12.5. The van der Waals surface area contributed by atoms with E-state index in [-0.39, 0.29) is 23.5 Å². The lowest BCUT2D eigenvalue weighted by Gasteiger charge is -2.19. The van der Waals surface area contributed by atoms with Gasteiger partial charge in [0, 0.05) is 6.07 Å². The van der Waals surface area contributed by atoms with Gasteiger partial charge in [0.2, 0.25) is 0 Å². The third-order valence-electron chi connectivity index (χ3n) is 3.71. The molecule has 1 aliphatic heterocycles. The Balaban J connectivity index is 1.81. The number of nitro benzene ring substituents is 1. The van der Waals surface area contributed by atoms with Crippen molar-refractivity contribution in [3.63, 3.8) is 0 Å². The van der Waals surface area contributed by atoms with Gasteiger partial charge in [-0.15, -0.1) is 11.3 Å². The molecular formula is C15H13ClN3O4S+. The predicted octanol–water partition coefficient (Wildman–Crippen LogP) is 1.58. The standard InChI is InChI=1S/C15H12ClN3O4S/c1-17(7-9-5-6-12(16)24-9)8-18-14(20)10-3-2-4-11(19(22)23)13(10)15(18)21/h2-6H,7-8H2,1H3/p+1. The van der Waals surface area contributed by atoms with Crippen LogP contribution in [0.25, 0.3) is 0 Å². The van der Waals surface area contributed by atoms with Crippen LogP contribution in [0.3, 0.4) is 0 Å². The Labute approximate surface area is 146 Å². The summed E-state index contributed by atoms with van der Waals surface area (Å²) in [4.78, 5) is 38.3. The molecule has 2 heterocycles. The smallest absolute Gasteiger partial charge is 0.282 e. The van der Waals surface area contributed by atoms with Gasteiger partial charge in [0.1, 0.15) is 12.1 Å². The summed E-state index contributed by atoms with van der Waals surface area (Å²) in [6, 6.07) is 7.77. The first kappa shape index (κ1) is 16.6. The Kier molecular flexibility index (Phi) is 4.35. The molecule has 3 rings (SSSR count). The topological polar surface area (TPSA) is 85.0 Å². The first-order valence-corrected chi connectivity index (χ1v) is 8.27. The van der Waals surface area contributed by atoms with Crippen molar-refractivity contribution < 1.29 is 19.4 Å². The van der Waals surface area contributed by atoms with Crippen LogP contribution < -0.4 is 4.90 Å². The van der Waals surface area contributed by atoms with Gasteiger partial charge in [-0.05, 0) is 18.2 Å². The fourth-order valence-electron chi connectivity index (χ4n) is 2.68. The number of quaternary nitrogens is 1. The predicted molar refractivity (Wildman–Crippen MR) is 88.4 cm³/mol. The highest BCUT2D eigenvalue weighted by Gasteiger charge is 2.42. The van der Waals surface area contributed by atoms with E-state index in [0.717, 1.165) is 14.7 Å². The van der Waals surface area contributed by atoms with Crippen molar-refractivity contribution in [2.45, 2.75) is 6.54 Å². The van der Waals surface area contributed by atoms with Crippen molar-refractivity contribution in [2.24, 2.45) is 0 Å². The van der Waals surface area contributed by atoms with E-state index in [9.17, 15) is 19.7 Å². The van der Waals surface area contributed by atoms with E-state index in [2.05, 4.69) is 0 Å². The normalized spacial score (nSPS) is 14.8. The largest absolute Gasteiger partial charge is 0.315 e. The lowest BCUT2D eigenvalue weighted by Crippen LogP contribution is -3.09. The molecule has 1 N–H and O–H groups in total. The molecule has 0 spiro atoms. The van der Waals surface area contributed by atoms with E-state index < -0.39 is 16.7 Å². The minimum atomic E-state index is -0.641. The number of hydrogen-bond donors (Lipinski definition) is 1. The van der Waals surface area contributed by atoms with Gasteiger partial charge >= 0.3 is 0 Å². The van der Waals surface area contributed by atoms with E-state index >= 15 is 0 Å². The van der Waals surface area contributed by atoms with Crippen molar-refractivity contribution in [1.29, 1.82) is 0 Å². The average molecular weight is 367 g/mol. The molecule has 0 bridgehead atoms. The Hall–Kier alpha value is -2.29. The quantitative estimate of drug-likeness (QED) is 0.494. The summed E-state index contributed by atoms with van der Waals surface area (Å²) in [5, 5.41) is 11.1. The number of imide groups is 1. The van der Waals surface area contributed by atoms with Crippen LogP contribution in [0, 0.1) is 10.1 Å². The second kappa shape index (κ2) is 6.31. The fourth-order valence-corrected chi connectivity index (χ4v) is 3.88. The lowest BCUT2D eigenvalue weighted by molar-refractivity contribution is -0.900. The van der Waals surface area contributed by atoms with Gasteiger partial charge in [-0.25, -0.2) is 4.90 Å². The molecule has 124 valence electrons. The molecule has 1 unspecified atom stereocenters. The number of amides is 2. The van der Waals surface area contributed by atoms with Crippen LogP contribution in [0.5, 0.6) is 0 Å². The van der Waals surface area contributed by atoms with E-state index in [0.29, 0.717) is 10.9 Å². The summed E-state index contributed by atoms with van der Waals surface area (Å²) in [5.74, 6) is -1.12. The average Bonchev–Trinajstić information content (AvgIpc) is 3.04.